The predicted molar refractivity (Wildman–Crippen MR) is 101 cm³/mol. The summed E-state index contributed by atoms with van der Waals surface area (Å²) in [4.78, 5) is 1.78. The molecule has 154 valence electrons. The molecule has 5 nitrogen and oxygen atoms in total. The Labute approximate surface area is 166 Å². The predicted octanol–water partition coefficient (Wildman–Crippen LogP) is 4.08. The molecule has 29 heavy (non-hydrogen) atoms. The normalized spacial score (nSPS) is 16.2. The monoisotopic (exact) mass is 406 g/mol. The van der Waals surface area contributed by atoms with Crippen molar-refractivity contribution in [2.24, 2.45) is 0 Å². The van der Waals surface area contributed by atoms with E-state index in [9.17, 15) is 18.3 Å². The number of nitriles is 1. The molecule has 1 N–H and O–H groups in total. The molecule has 1 aliphatic heterocycles. The first-order valence-corrected chi connectivity index (χ1v) is 9.02. The van der Waals surface area contributed by atoms with E-state index >= 15 is 0 Å². The van der Waals surface area contributed by atoms with Crippen molar-refractivity contribution in [3.8, 4) is 17.6 Å². The van der Waals surface area contributed by atoms with Crippen molar-refractivity contribution < 1.29 is 27.8 Å². The van der Waals surface area contributed by atoms with Gasteiger partial charge in [0, 0.05) is 24.8 Å². The van der Waals surface area contributed by atoms with Crippen LogP contribution in [0.4, 0.5) is 18.9 Å². The molecule has 0 amide bonds. The van der Waals surface area contributed by atoms with Crippen LogP contribution in [0.2, 0.25) is 0 Å². The number of nitrogens with zero attached hydrogens (tertiary/aromatic N) is 2. The van der Waals surface area contributed by atoms with E-state index in [1.165, 1.54) is 26.4 Å². The van der Waals surface area contributed by atoms with Gasteiger partial charge in [-0.05, 0) is 48.7 Å². The summed E-state index contributed by atoms with van der Waals surface area (Å²) in [5, 5.41) is 20.1. The fraction of sp³-hybridized carbons (Fsp3) is 0.381. The molecule has 0 spiro atoms. The molecule has 0 aliphatic carbocycles. The zero-order valence-electron chi connectivity index (χ0n) is 16.1. The number of alkyl halides is 3. The number of halogens is 3. The summed E-state index contributed by atoms with van der Waals surface area (Å²) < 4.78 is 50.2. The molecule has 1 saturated heterocycles. The van der Waals surface area contributed by atoms with E-state index in [0.717, 1.165) is 6.07 Å². The number of ether oxygens (including phenoxy) is 2. The van der Waals surface area contributed by atoms with Gasteiger partial charge in [0.1, 0.15) is 11.5 Å². The van der Waals surface area contributed by atoms with Crippen LogP contribution < -0.4 is 14.4 Å². The lowest BCUT2D eigenvalue weighted by atomic mass is 9.84. The van der Waals surface area contributed by atoms with E-state index < -0.39 is 22.9 Å². The fourth-order valence-corrected chi connectivity index (χ4v) is 3.56. The van der Waals surface area contributed by atoms with E-state index in [1.807, 2.05) is 0 Å². The number of benzene rings is 2. The largest absolute Gasteiger partial charge is 0.497 e. The summed E-state index contributed by atoms with van der Waals surface area (Å²) in [6.45, 7) is 0.721. The first-order chi connectivity index (χ1) is 13.7. The van der Waals surface area contributed by atoms with Gasteiger partial charge in [-0.25, -0.2) is 0 Å². The third-order valence-corrected chi connectivity index (χ3v) is 5.27. The molecule has 0 atom stereocenters. The van der Waals surface area contributed by atoms with Crippen LogP contribution >= 0.6 is 0 Å². The molecule has 0 aromatic heterocycles. The van der Waals surface area contributed by atoms with Gasteiger partial charge in [0.05, 0.1) is 37.0 Å². The van der Waals surface area contributed by atoms with Crippen LogP contribution in [0.25, 0.3) is 0 Å². The Balaban J connectivity index is 1.83. The van der Waals surface area contributed by atoms with Crippen molar-refractivity contribution >= 4 is 5.69 Å². The van der Waals surface area contributed by atoms with Gasteiger partial charge in [0.2, 0.25) is 0 Å². The first-order valence-electron chi connectivity index (χ1n) is 9.02. The van der Waals surface area contributed by atoms with E-state index in [2.05, 4.69) is 0 Å². The maximum atomic E-state index is 13.2. The number of hydrogen-bond donors (Lipinski definition) is 1. The molecular formula is C21H21F3N2O3. The van der Waals surface area contributed by atoms with E-state index in [1.54, 1.807) is 29.2 Å². The molecule has 2 aromatic rings. The van der Waals surface area contributed by atoms with E-state index in [4.69, 9.17) is 14.7 Å². The minimum atomic E-state index is -4.60. The highest BCUT2D eigenvalue weighted by Crippen LogP contribution is 2.39. The van der Waals surface area contributed by atoms with Crippen molar-refractivity contribution in [3.05, 3.63) is 53.1 Å². The van der Waals surface area contributed by atoms with Crippen LogP contribution in [0, 0.1) is 11.3 Å². The summed E-state index contributed by atoms with van der Waals surface area (Å²) in [6, 6.07) is 10.5. The van der Waals surface area contributed by atoms with Gasteiger partial charge in [-0.3, -0.25) is 0 Å². The lowest BCUT2D eigenvalue weighted by molar-refractivity contribution is -0.137. The molecule has 0 bridgehead atoms. The van der Waals surface area contributed by atoms with Crippen LogP contribution in [0.15, 0.2) is 36.4 Å². The summed E-state index contributed by atoms with van der Waals surface area (Å²) >= 11 is 0. The van der Waals surface area contributed by atoms with Crippen LogP contribution in [0.3, 0.4) is 0 Å². The van der Waals surface area contributed by atoms with Crippen LogP contribution in [-0.4, -0.2) is 32.4 Å². The van der Waals surface area contributed by atoms with Crippen molar-refractivity contribution in [3.63, 3.8) is 0 Å². The Hall–Kier alpha value is -2.92. The molecule has 0 unspecified atom stereocenters. The minimum Gasteiger partial charge on any atom is -0.497 e. The Morgan fingerprint density at radius 3 is 2.10 bits per heavy atom. The number of methoxy groups -OCH3 is 2. The van der Waals surface area contributed by atoms with Crippen molar-refractivity contribution in [1.82, 2.24) is 0 Å². The van der Waals surface area contributed by atoms with Crippen molar-refractivity contribution in [2.45, 2.75) is 24.6 Å². The summed E-state index contributed by atoms with van der Waals surface area (Å²) in [6.07, 6.45) is -3.95. The second kappa shape index (κ2) is 7.84. The molecule has 3 rings (SSSR count). The van der Waals surface area contributed by atoms with Gasteiger partial charge in [-0.2, -0.15) is 18.4 Å². The first kappa shape index (κ1) is 20.8. The maximum Gasteiger partial charge on any atom is 0.417 e. The molecule has 1 fully saturated rings. The highest BCUT2D eigenvalue weighted by molar-refractivity contribution is 5.55. The molecular weight excluding hydrogens is 385 g/mol. The van der Waals surface area contributed by atoms with E-state index in [-0.39, 0.29) is 0 Å². The quantitative estimate of drug-likeness (QED) is 0.829. The fourth-order valence-electron chi connectivity index (χ4n) is 3.56. The third-order valence-electron chi connectivity index (χ3n) is 5.27. The molecule has 1 heterocycles. The summed E-state index contributed by atoms with van der Waals surface area (Å²) in [7, 11) is 3.04. The summed E-state index contributed by atoms with van der Waals surface area (Å²) in [5.41, 5.74) is -1.47. The lowest BCUT2D eigenvalue weighted by Gasteiger charge is -2.40. The van der Waals surface area contributed by atoms with Gasteiger partial charge in [-0.1, -0.05) is 0 Å². The average molecular weight is 406 g/mol. The Morgan fingerprint density at radius 2 is 1.62 bits per heavy atom. The van der Waals surface area contributed by atoms with Crippen molar-refractivity contribution in [2.75, 3.05) is 32.2 Å². The van der Waals surface area contributed by atoms with E-state index in [0.29, 0.717) is 48.7 Å². The standard InChI is InChI=1S/C21H21F3N2O3/c1-28-17-9-15(10-18(12-17)29-2)20(27)5-7-26(8-6-20)16-4-3-14(13-25)19(11-16)21(22,23)24/h3-4,9-12,27H,5-8H2,1-2H3. The molecule has 0 radical (unpaired) electrons. The Kier molecular flexibility index (Phi) is 5.62. The second-order valence-electron chi connectivity index (χ2n) is 6.96. The highest BCUT2D eigenvalue weighted by Gasteiger charge is 2.37. The SMILES string of the molecule is COc1cc(OC)cc(C2(O)CCN(c3ccc(C#N)c(C(F)(F)F)c3)CC2)c1. The average Bonchev–Trinajstić information content (AvgIpc) is 2.72. The maximum absolute atomic E-state index is 13.2. The van der Waals surface area contributed by atoms with Gasteiger partial charge in [0.25, 0.3) is 0 Å². The molecule has 0 saturated carbocycles. The Bertz CT molecular complexity index is 907. The van der Waals surface area contributed by atoms with Gasteiger partial charge in [0.15, 0.2) is 0 Å². The van der Waals surface area contributed by atoms with Gasteiger partial charge >= 0.3 is 6.18 Å². The van der Waals surface area contributed by atoms with Crippen LogP contribution in [-0.2, 0) is 11.8 Å². The molecule has 1 aliphatic rings. The topological polar surface area (TPSA) is 65.7 Å². The lowest BCUT2D eigenvalue weighted by Crippen LogP contribution is -2.42. The third kappa shape index (κ3) is 4.25. The number of rotatable bonds is 4. The zero-order valence-corrected chi connectivity index (χ0v) is 16.1. The van der Waals surface area contributed by atoms with Gasteiger partial charge in [-0.15, -0.1) is 0 Å². The number of anilines is 1. The number of hydrogen-bond acceptors (Lipinski definition) is 5. The summed E-state index contributed by atoms with van der Waals surface area (Å²) in [5.74, 6) is 1.11. The van der Waals surface area contributed by atoms with Crippen molar-refractivity contribution in [1.29, 1.82) is 5.26 Å². The minimum absolute atomic E-state index is 0.324. The molecule has 8 heteroatoms. The zero-order chi connectivity index (χ0) is 21.2. The van der Waals surface area contributed by atoms with Gasteiger partial charge < -0.3 is 19.5 Å². The van der Waals surface area contributed by atoms with Crippen LogP contribution in [0.5, 0.6) is 11.5 Å². The molecule has 2 aromatic carbocycles. The number of aliphatic hydroxyl groups is 1. The highest BCUT2D eigenvalue weighted by atomic mass is 19.4. The number of piperidine rings is 1. The second-order valence-corrected chi connectivity index (χ2v) is 6.96. The smallest absolute Gasteiger partial charge is 0.417 e. The Morgan fingerprint density at radius 1 is 1.03 bits per heavy atom. The van der Waals surface area contributed by atoms with Crippen LogP contribution in [0.1, 0.15) is 29.5 Å².